The molecule has 2 aromatic carbocycles. The first kappa shape index (κ1) is 13.7. The van der Waals surface area contributed by atoms with Crippen LogP contribution in [0.5, 0.6) is 0 Å². The Kier molecular flexibility index (Phi) is 3.19. The van der Waals surface area contributed by atoms with Crippen molar-refractivity contribution in [3.05, 3.63) is 71.5 Å². The number of nitrogens with zero attached hydrogens (tertiary/aromatic N) is 1. The largest absolute Gasteiger partial charge is 0.309 e. The number of hydrogen-bond donors (Lipinski definition) is 2. The van der Waals surface area contributed by atoms with Crippen LogP contribution in [-0.4, -0.2) is 16.1 Å². The summed E-state index contributed by atoms with van der Waals surface area (Å²) in [5.74, 6) is -0.336. The Morgan fingerprint density at radius 1 is 1.04 bits per heavy atom. The number of carbonyl (C=O) groups excluding carboxylic acids is 1. The van der Waals surface area contributed by atoms with Gasteiger partial charge in [-0.3, -0.25) is 9.89 Å². The third kappa shape index (κ3) is 2.30. The van der Waals surface area contributed by atoms with Gasteiger partial charge in [-0.1, -0.05) is 48.5 Å². The average Bonchev–Trinajstić information content (AvgIpc) is 2.99. The number of amides is 1. The van der Waals surface area contributed by atoms with Crippen LogP contribution in [0.25, 0.3) is 11.3 Å². The monoisotopic (exact) mass is 307 g/mol. The topological polar surface area (TPSA) is 57.8 Å². The number of anilines is 1. The molecule has 1 amide bonds. The zero-order valence-corrected chi connectivity index (χ0v) is 12.2. The van der Waals surface area contributed by atoms with Crippen molar-refractivity contribution in [2.75, 3.05) is 5.32 Å². The van der Waals surface area contributed by atoms with Crippen molar-refractivity contribution in [2.24, 2.45) is 0 Å². The van der Waals surface area contributed by atoms with Gasteiger partial charge < -0.3 is 5.32 Å². The van der Waals surface area contributed by atoms with Gasteiger partial charge in [-0.15, -0.1) is 0 Å². The number of fused-ring (bicyclic) bond motifs is 1. The summed E-state index contributed by atoms with van der Waals surface area (Å²) in [6.07, 6.45) is 0.202. The number of rotatable bonds is 2. The molecular weight excluding hydrogens is 293 g/mol. The lowest BCUT2D eigenvalue weighted by molar-refractivity contribution is -0.116. The highest BCUT2D eigenvalue weighted by atomic mass is 19.1. The predicted molar refractivity (Wildman–Crippen MR) is 85.5 cm³/mol. The lowest BCUT2D eigenvalue weighted by Crippen LogP contribution is -2.23. The van der Waals surface area contributed by atoms with Crippen molar-refractivity contribution in [3.63, 3.8) is 0 Å². The Morgan fingerprint density at radius 2 is 1.78 bits per heavy atom. The van der Waals surface area contributed by atoms with Gasteiger partial charge in [0, 0.05) is 17.9 Å². The summed E-state index contributed by atoms with van der Waals surface area (Å²) in [6, 6.07) is 16.3. The highest BCUT2D eigenvalue weighted by Gasteiger charge is 2.33. The molecule has 4 nitrogen and oxygen atoms in total. The van der Waals surface area contributed by atoms with Crippen molar-refractivity contribution in [1.29, 1.82) is 0 Å². The Labute approximate surface area is 132 Å². The Hall–Kier alpha value is -2.95. The fourth-order valence-electron chi connectivity index (χ4n) is 3.10. The maximum Gasteiger partial charge on any atom is 0.226 e. The Bertz CT molecular complexity index is 873. The number of hydrogen-bond acceptors (Lipinski definition) is 2. The molecule has 0 saturated heterocycles. The average molecular weight is 307 g/mol. The molecule has 2 heterocycles. The van der Waals surface area contributed by atoms with Crippen molar-refractivity contribution in [1.82, 2.24) is 10.2 Å². The summed E-state index contributed by atoms with van der Waals surface area (Å²) in [4.78, 5) is 12.0. The van der Waals surface area contributed by atoms with E-state index >= 15 is 0 Å². The molecule has 1 aromatic heterocycles. The summed E-state index contributed by atoms with van der Waals surface area (Å²) in [6.45, 7) is 0. The first-order chi connectivity index (χ1) is 11.2. The molecule has 114 valence electrons. The van der Waals surface area contributed by atoms with Crippen LogP contribution in [0.1, 0.15) is 23.5 Å². The van der Waals surface area contributed by atoms with Crippen LogP contribution >= 0.6 is 0 Å². The fourth-order valence-corrected chi connectivity index (χ4v) is 3.10. The molecule has 2 N–H and O–H groups in total. The van der Waals surface area contributed by atoms with Gasteiger partial charge in [0.15, 0.2) is 5.82 Å². The van der Waals surface area contributed by atoms with Crippen LogP contribution in [0.15, 0.2) is 54.6 Å². The number of halogens is 1. The number of aromatic nitrogens is 2. The van der Waals surface area contributed by atoms with E-state index in [1.54, 1.807) is 18.2 Å². The zero-order valence-electron chi connectivity index (χ0n) is 12.2. The summed E-state index contributed by atoms with van der Waals surface area (Å²) in [7, 11) is 0. The minimum Gasteiger partial charge on any atom is -0.309 e. The summed E-state index contributed by atoms with van der Waals surface area (Å²) in [5.41, 5.74) is 3.12. The van der Waals surface area contributed by atoms with Crippen LogP contribution < -0.4 is 5.32 Å². The van der Waals surface area contributed by atoms with Gasteiger partial charge in [0.2, 0.25) is 5.91 Å². The highest BCUT2D eigenvalue weighted by Crippen LogP contribution is 2.42. The zero-order chi connectivity index (χ0) is 15.8. The van der Waals surface area contributed by atoms with Crippen LogP contribution in [0.3, 0.4) is 0 Å². The van der Waals surface area contributed by atoms with Crippen LogP contribution in [-0.2, 0) is 4.79 Å². The van der Waals surface area contributed by atoms with Crippen molar-refractivity contribution in [2.45, 2.75) is 12.3 Å². The molecule has 4 rings (SSSR count). The maximum atomic E-state index is 14.3. The van der Waals surface area contributed by atoms with E-state index in [1.807, 2.05) is 30.3 Å². The van der Waals surface area contributed by atoms with Gasteiger partial charge in [-0.25, -0.2) is 4.39 Å². The van der Waals surface area contributed by atoms with E-state index < -0.39 is 0 Å². The van der Waals surface area contributed by atoms with Crippen LogP contribution in [0, 0.1) is 5.82 Å². The van der Waals surface area contributed by atoms with Crippen molar-refractivity contribution < 1.29 is 9.18 Å². The first-order valence-electron chi connectivity index (χ1n) is 7.42. The molecule has 0 fully saturated rings. The van der Waals surface area contributed by atoms with Crippen LogP contribution in [0.2, 0.25) is 0 Å². The van der Waals surface area contributed by atoms with Gasteiger partial charge in [0.25, 0.3) is 0 Å². The van der Waals surface area contributed by atoms with Gasteiger partial charge >= 0.3 is 0 Å². The highest BCUT2D eigenvalue weighted by molar-refractivity contribution is 5.96. The van der Waals surface area contributed by atoms with Gasteiger partial charge in [0.05, 0.1) is 5.69 Å². The molecule has 0 radical (unpaired) electrons. The standard InChI is InChI=1S/C18H14FN3O/c19-14-9-5-4-8-12(14)13-10-15(23)20-18-16(13)17(21-22-18)11-6-2-1-3-7-11/h1-9,13H,10H2,(H2,20,21,22,23)/t13-/m0/s1. The second kappa shape index (κ2) is 5.35. The van der Waals surface area contributed by atoms with Crippen molar-refractivity contribution in [3.8, 4) is 11.3 Å². The SMILES string of the molecule is O=C1C[C@@H](c2ccccc2F)c2c(n[nH]c2-c2ccccc2)N1. The lowest BCUT2D eigenvalue weighted by Gasteiger charge is -2.23. The second-order valence-corrected chi connectivity index (χ2v) is 5.55. The molecule has 1 aliphatic rings. The fraction of sp³-hybridized carbons (Fsp3) is 0.111. The minimum absolute atomic E-state index is 0.156. The molecule has 0 unspecified atom stereocenters. The van der Waals surface area contributed by atoms with E-state index in [4.69, 9.17) is 0 Å². The van der Waals surface area contributed by atoms with E-state index in [1.165, 1.54) is 6.07 Å². The third-order valence-corrected chi connectivity index (χ3v) is 4.14. The van der Waals surface area contributed by atoms with Crippen LogP contribution in [0.4, 0.5) is 10.2 Å². The van der Waals surface area contributed by atoms with Gasteiger partial charge in [0.1, 0.15) is 5.82 Å². The molecule has 3 aromatic rings. The summed E-state index contributed by atoms with van der Waals surface area (Å²) >= 11 is 0. The lowest BCUT2D eigenvalue weighted by atomic mass is 9.84. The molecule has 0 spiro atoms. The molecular formula is C18H14FN3O. The maximum absolute atomic E-state index is 14.3. The molecule has 23 heavy (non-hydrogen) atoms. The van der Waals surface area contributed by atoms with E-state index in [0.29, 0.717) is 11.4 Å². The molecule has 1 aliphatic heterocycles. The van der Waals surface area contributed by atoms with Gasteiger partial charge in [-0.05, 0) is 17.2 Å². The second-order valence-electron chi connectivity index (χ2n) is 5.55. The first-order valence-corrected chi connectivity index (χ1v) is 7.42. The molecule has 0 bridgehead atoms. The third-order valence-electron chi connectivity index (χ3n) is 4.14. The molecule has 0 aliphatic carbocycles. The number of H-pyrrole nitrogens is 1. The molecule has 0 saturated carbocycles. The van der Waals surface area contributed by atoms with Crippen molar-refractivity contribution >= 4 is 11.7 Å². The van der Waals surface area contributed by atoms with E-state index in [9.17, 15) is 9.18 Å². The number of nitrogens with one attached hydrogen (secondary N) is 2. The smallest absolute Gasteiger partial charge is 0.226 e. The number of aromatic amines is 1. The summed E-state index contributed by atoms with van der Waals surface area (Å²) < 4.78 is 14.3. The molecule has 1 atom stereocenters. The Morgan fingerprint density at radius 3 is 2.57 bits per heavy atom. The Balaban J connectivity index is 1.91. The van der Waals surface area contributed by atoms with E-state index in [2.05, 4.69) is 15.5 Å². The number of carbonyl (C=O) groups is 1. The minimum atomic E-state index is -0.353. The van der Waals surface area contributed by atoms with E-state index in [-0.39, 0.29) is 24.1 Å². The number of benzene rings is 2. The van der Waals surface area contributed by atoms with E-state index in [0.717, 1.165) is 16.8 Å². The summed E-state index contributed by atoms with van der Waals surface area (Å²) in [5, 5.41) is 9.96. The van der Waals surface area contributed by atoms with Gasteiger partial charge in [-0.2, -0.15) is 5.10 Å². The molecule has 5 heteroatoms. The quantitative estimate of drug-likeness (QED) is 0.758. The predicted octanol–water partition coefficient (Wildman–Crippen LogP) is 3.69. The normalized spacial score (nSPS) is 16.7.